The van der Waals surface area contributed by atoms with Gasteiger partial charge in [-0.3, -0.25) is 9.59 Å². The molecule has 0 aliphatic carbocycles. The summed E-state index contributed by atoms with van der Waals surface area (Å²) in [6, 6.07) is 9.07. The number of amides is 2. The van der Waals surface area contributed by atoms with Crippen LogP contribution in [0.3, 0.4) is 0 Å². The van der Waals surface area contributed by atoms with Crippen molar-refractivity contribution in [3.8, 4) is 0 Å². The Labute approximate surface area is 161 Å². The number of carbonyl (C=O) groups is 2. The topological polar surface area (TPSA) is 49.9 Å². The fraction of sp³-hybridized carbons (Fsp3) is 0.636. The Morgan fingerprint density at radius 1 is 0.889 bits per heavy atom. The Kier molecular flexibility index (Phi) is 5.48. The van der Waals surface area contributed by atoms with Gasteiger partial charge in [0.15, 0.2) is 0 Å². The van der Waals surface area contributed by atoms with E-state index in [4.69, 9.17) is 4.74 Å². The predicted molar refractivity (Wildman–Crippen MR) is 103 cm³/mol. The van der Waals surface area contributed by atoms with Gasteiger partial charge in [0, 0.05) is 43.8 Å². The van der Waals surface area contributed by atoms with Crippen molar-refractivity contribution in [2.24, 2.45) is 5.41 Å². The quantitative estimate of drug-likeness (QED) is 0.804. The van der Waals surface area contributed by atoms with Crippen molar-refractivity contribution in [3.05, 3.63) is 35.9 Å². The molecule has 3 fully saturated rings. The van der Waals surface area contributed by atoms with Gasteiger partial charge in [-0.15, -0.1) is 0 Å². The highest BCUT2D eigenvalue weighted by molar-refractivity contribution is 5.98. The zero-order valence-electron chi connectivity index (χ0n) is 16.1. The van der Waals surface area contributed by atoms with Gasteiger partial charge in [-0.25, -0.2) is 0 Å². The molecule has 4 rings (SSSR count). The lowest BCUT2D eigenvalue weighted by molar-refractivity contribution is -0.149. The minimum absolute atomic E-state index is 0.00322. The molecule has 1 atom stereocenters. The molecule has 1 unspecified atom stereocenters. The SMILES string of the molecule is O=C(C1N(C(=O)c2ccccc2)CCCC12CCOCC2)N1CCCCC1. The first-order valence-electron chi connectivity index (χ1n) is 10.4. The molecule has 3 aliphatic rings. The monoisotopic (exact) mass is 370 g/mol. The number of hydrogen-bond acceptors (Lipinski definition) is 3. The molecule has 3 saturated heterocycles. The molecule has 0 bridgehead atoms. The fourth-order valence-electron chi connectivity index (χ4n) is 5.15. The van der Waals surface area contributed by atoms with E-state index < -0.39 is 0 Å². The van der Waals surface area contributed by atoms with Crippen LogP contribution in [-0.2, 0) is 9.53 Å². The average molecular weight is 370 g/mol. The summed E-state index contributed by atoms with van der Waals surface area (Å²) in [6.45, 7) is 3.71. The van der Waals surface area contributed by atoms with E-state index in [0.717, 1.165) is 51.6 Å². The second kappa shape index (κ2) is 8.01. The lowest BCUT2D eigenvalue weighted by atomic mass is 9.67. The Morgan fingerprint density at radius 2 is 1.59 bits per heavy atom. The van der Waals surface area contributed by atoms with Crippen molar-refractivity contribution in [2.45, 2.75) is 51.0 Å². The van der Waals surface area contributed by atoms with E-state index in [2.05, 4.69) is 0 Å². The fourth-order valence-corrected chi connectivity index (χ4v) is 5.15. The highest BCUT2D eigenvalue weighted by Crippen LogP contribution is 2.45. The first-order chi connectivity index (χ1) is 13.2. The van der Waals surface area contributed by atoms with Gasteiger partial charge in [-0.05, 0) is 57.1 Å². The van der Waals surface area contributed by atoms with Gasteiger partial charge in [0.2, 0.25) is 5.91 Å². The van der Waals surface area contributed by atoms with Crippen LogP contribution >= 0.6 is 0 Å². The normalized spacial score (nSPS) is 25.4. The maximum absolute atomic E-state index is 13.7. The Hall–Kier alpha value is -1.88. The van der Waals surface area contributed by atoms with E-state index in [0.29, 0.717) is 25.3 Å². The van der Waals surface area contributed by atoms with Crippen LogP contribution in [0.2, 0.25) is 0 Å². The van der Waals surface area contributed by atoms with Gasteiger partial charge in [-0.1, -0.05) is 18.2 Å². The number of ether oxygens (including phenoxy) is 1. The molecule has 5 nitrogen and oxygen atoms in total. The molecular weight excluding hydrogens is 340 g/mol. The zero-order valence-corrected chi connectivity index (χ0v) is 16.1. The summed E-state index contributed by atoms with van der Waals surface area (Å²) < 4.78 is 5.62. The third-order valence-electron chi connectivity index (χ3n) is 6.64. The molecule has 1 spiro atoms. The van der Waals surface area contributed by atoms with E-state index in [1.165, 1.54) is 6.42 Å². The van der Waals surface area contributed by atoms with Gasteiger partial charge in [0.25, 0.3) is 5.91 Å². The van der Waals surface area contributed by atoms with E-state index >= 15 is 0 Å². The highest BCUT2D eigenvalue weighted by atomic mass is 16.5. The van der Waals surface area contributed by atoms with Crippen LogP contribution in [0.5, 0.6) is 0 Å². The molecule has 3 heterocycles. The first-order valence-corrected chi connectivity index (χ1v) is 10.4. The van der Waals surface area contributed by atoms with E-state index in [9.17, 15) is 9.59 Å². The van der Waals surface area contributed by atoms with Crippen LogP contribution in [0, 0.1) is 5.41 Å². The summed E-state index contributed by atoms with van der Waals surface area (Å²) in [6.07, 6.45) is 7.05. The third-order valence-corrected chi connectivity index (χ3v) is 6.64. The van der Waals surface area contributed by atoms with Crippen molar-refractivity contribution in [3.63, 3.8) is 0 Å². The van der Waals surface area contributed by atoms with Crippen molar-refractivity contribution >= 4 is 11.8 Å². The van der Waals surface area contributed by atoms with Crippen LogP contribution in [0.1, 0.15) is 55.3 Å². The Bertz CT molecular complexity index is 658. The summed E-state index contributed by atoms with van der Waals surface area (Å²) in [5, 5.41) is 0. The number of piperidine rings is 2. The van der Waals surface area contributed by atoms with Crippen molar-refractivity contribution in [1.82, 2.24) is 9.80 Å². The number of hydrogen-bond donors (Lipinski definition) is 0. The molecule has 1 aromatic carbocycles. The molecule has 27 heavy (non-hydrogen) atoms. The van der Waals surface area contributed by atoms with Gasteiger partial charge in [0.05, 0.1) is 0 Å². The molecule has 0 N–H and O–H groups in total. The summed E-state index contributed by atoms with van der Waals surface area (Å²) >= 11 is 0. The van der Waals surface area contributed by atoms with Crippen molar-refractivity contribution in [2.75, 3.05) is 32.8 Å². The van der Waals surface area contributed by atoms with Crippen LogP contribution in [-0.4, -0.2) is 60.5 Å². The molecular formula is C22H30N2O3. The maximum atomic E-state index is 13.7. The summed E-state index contributed by atoms with van der Waals surface area (Å²) in [5.41, 5.74) is 0.549. The summed E-state index contributed by atoms with van der Waals surface area (Å²) in [7, 11) is 0. The smallest absolute Gasteiger partial charge is 0.254 e. The van der Waals surface area contributed by atoms with Crippen LogP contribution in [0.25, 0.3) is 0 Å². The van der Waals surface area contributed by atoms with Crippen LogP contribution in [0.15, 0.2) is 30.3 Å². The number of rotatable bonds is 2. The van der Waals surface area contributed by atoms with Gasteiger partial charge >= 0.3 is 0 Å². The average Bonchev–Trinajstić information content (AvgIpc) is 2.74. The Morgan fingerprint density at radius 3 is 2.30 bits per heavy atom. The second-order valence-electron chi connectivity index (χ2n) is 8.23. The third kappa shape index (κ3) is 3.62. The number of likely N-dealkylation sites (tertiary alicyclic amines) is 2. The summed E-state index contributed by atoms with van der Waals surface area (Å²) in [4.78, 5) is 30.9. The molecule has 0 aromatic heterocycles. The number of nitrogens with zero attached hydrogens (tertiary/aromatic N) is 2. The molecule has 1 aromatic rings. The lowest BCUT2D eigenvalue weighted by Crippen LogP contribution is -2.63. The lowest BCUT2D eigenvalue weighted by Gasteiger charge is -2.52. The van der Waals surface area contributed by atoms with Crippen molar-refractivity contribution in [1.29, 1.82) is 0 Å². The number of benzene rings is 1. The maximum Gasteiger partial charge on any atom is 0.254 e. The van der Waals surface area contributed by atoms with Crippen molar-refractivity contribution < 1.29 is 14.3 Å². The summed E-state index contributed by atoms with van der Waals surface area (Å²) in [5.74, 6) is 0.164. The van der Waals surface area contributed by atoms with E-state index in [-0.39, 0.29) is 23.3 Å². The Balaban J connectivity index is 1.67. The van der Waals surface area contributed by atoms with Gasteiger partial charge in [0.1, 0.15) is 6.04 Å². The molecule has 5 heteroatoms. The predicted octanol–water partition coefficient (Wildman–Crippen LogP) is 3.10. The largest absolute Gasteiger partial charge is 0.381 e. The minimum atomic E-state index is -0.346. The van der Waals surface area contributed by atoms with E-state index in [1.807, 2.05) is 40.1 Å². The number of carbonyl (C=O) groups excluding carboxylic acids is 2. The first kappa shape index (κ1) is 18.5. The molecule has 0 saturated carbocycles. The molecule has 2 amide bonds. The van der Waals surface area contributed by atoms with E-state index in [1.54, 1.807) is 0 Å². The second-order valence-corrected chi connectivity index (χ2v) is 8.23. The molecule has 0 radical (unpaired) electrons. The van der Waals surface area contributed by atoms with Crippen LogP contribution in [0.4, 0.5) is 0 Å². The molecule has 3 aliphatic heterocycles. The standard InChI is InChI=1S/C22H30N2O3/c25-20(18-8-3-1-4-9-18)24-15-7-10-22(11-16-27-17-12-22)19(24)21(26)23-13-5-2-6-14-23/h1,3-4,8-9,19H,2,5-7,10-17H2. The van der Waals surface area contributed by atoms with Crippen LogP contribution < -0.4 is 0 Å². The molecule has 146 valence electrons. The van der Waals surface area contributed by atoms with Gasteiger partial charge in [-0.2, -0.15) is 0 Å². The minimum Gasteiger partial charge on any atom is -0.381 e. The zero-order chi connectivity index (χ0) is 18.7. The van der Waals surface area contributed by atoms with Gasteiger partial charge < -0.3 is 14.5 Å². The highest BCUT2D eigenvalue weighted by Gasteiger charge is 2.51.